The van der Waals surface area contributed by atoms with E-state index in [-0.39, 0.29) is 30.0 Å². The molecule has 2 rings (SSSR count). The second-order valence-electron chi connectivity index (χ2n) is 5.04. The molecule has 0 radical (unpaired) electrons. The van der Waals surface area contributed by atoms with Crippen molar-refractivity contribution in [2.45, 2.75) is 37.6 Å². The second kappa shape index (κ2) is 7.80. The van der Waals surface area contributed by atoms with Crippen LogP contribution in [0.25, 0.3) is 0 Å². The Morgan fingerprint density at radius 1 is 1.36 bits per heavy atom. The van der Waals surface area contributed by atoms with Crippen LogP contribution in [0.2, 0.25) is 0 Å². The highest BCUT2D eigenvalue weighted by Gasteiger charge is 2.30. The van der Waals surface area contributed by atoms with Gasteiger partial charge in [-0.05, 0) is 30.5 Å². The Hall–Kier alpha value is -1.31. The molecule has 3 N–H and O–H groups in total. The number of nitrogens with two attached hydrogens (primary N) is 1. The van der Waals surface area contributed by atoms with Crippen molar-refractivity contribution in [3.05, 3.63) is 29.8 Å². The summed E-state index contributed by atoms with van der Waals surface area (Å²) in [7, 11) is 0. The summed E-state index contributed by atoms with van der Waals surface area (Å²) in [6.45, 7) is 0.352. The van der Waals surface area contributed by atoms with Gasteiger partial charge in [0.2, 0.25) is 0 Å². The summed E-state index contributed by atoms with van der Waals surface area (Å²) in [5.41, 5.74) is 5.90. The molecule has 1 aliphatic rings. The molecule has 0 spiro atoms. The number of amides is 1. The van der Waals surface area contributed by atoms with E-state index in [1.807, 2.05) is 0 Å². The highest BCUT2D eigenvalue weighted by molar-refractivity contribution is 5.94. The smallest absolute Gasteiger partial charge is 0.364 e. The minimum absolute atomic E-state index is 0. The molecule has 4 nitrogen and oxygen atoms in total. The van der Waals surface area contributed by atoms with Crippen molar-refractivity contribution in [1.82, 2.24) is 0 Å². The summed E-state index contributed by atoms with van der Waals surface area (Å²) in [4.78, 5) is 12.0. The predicted octanol–water partition coefficient (Wildman–Crippen LogP) is 2.66. The fraction of sp³-hybridized carbons (Fsp3) is 0.500. The summed E-state index contributed by atoms with van der Waals surface area (Å²) in [6.07, 6.45) is -4.74. The Kier molecular flexibility index (Phi) is 6.65. The molecule has 124 valence electrons. The third-order valence-electron chi connectivity index (χ3n) is 3.26. The number of hydrogen-bond donors (Lipinski definition) is 2. The Balaban J connectivity index is 0.00000242. The Labute approximate surface area is 132 Å². The second-order valence-corrected chi connectivity index (χ2v) is 5.04. The van der Waals surface area contributed by atoms with Gasteiger partial charge in [0.25, 0.3) is 5.91 Å². The number of nitrogens with one attached hydrogen (secondary N) is 1. The van der Waals surface area contributed by atoms with E-state index in [4.69, 9.17) is 10.5 Å². The van der Waals surface area contributed by atoms with Gasteiger partial charge in [0, 0.05) is 12.2 Å². The van der Waals surface area contributed by atoms with Gasteiger partial charge in [-0.15, -0.1) is 12.4 Å². The molecular weight excluding hydrogens is 321 g/mol. The van der Waals surface area contributed by atoms with Crippen LogP contribution in [0.15, 0.2) is 24.3 Å². The van der Waals surface area contributed by atoms with Gasteiger partial charge < -0.3 is 15.8 Å². The van der Waals surface area contributed by atoms with Crippen molar-refractivity contribution in [2.24, 2.45) is 5.73 Å². The van der Waals surface area contributed by atoms with E-state index in [1.54, 1.807) is 6.07 Å². The molecule has 8 heteroatoms. The summed E-state index contributed by atoms with van der Waals surface area (Å²) in [5, 5.41) is 2.58. The molecule has 0 saturated carbocycles. The van der Waals surface area contributed by atoms with E-state index >= 15 is 0 Å². The Bertz CT molecular complexity index is 511. The third-order valence-corrected chi connectivity index (χ3v) is 3.26. The zero-order valence-corrected chi connectivity index (χ0v) is 12.5. The lowest BCUT2D eigenvalue weighted by Gasteiger charge is -2.13. The fourth-order valence-electron chi connectivity index (χ4n) is 2.29. The number of hydrogen-bond acceptors (Lipinski definition) is 3. The van der Waals surface area contributed by atoms with E-state index in [0.717, 1.165) is 0 Å². The maximum atomic E-state index is 12.3. The van der Waals surface area contributed by atoms with Crippen molar-refractivity contribution in [2.75, 3.05) is 11.9 Å². The standard InChI is InChI=1S/C14H17F3N2O2.ClH/c15-14(16,17)7-9-2-1-3-10(6-9)19-13(20)12-5-4-11(8-18)21-12;/h1-3,6,11-12H,4-5,7-8,18H2,(H,19,20);1H/t11-,12+;/m1./s1. The van der Waals surface area contributed by atoms with E-state index < -0.39 is 18.7 Å². The number of benzene rings is 1. The topological polar surface area (TPSA) is 64.4 Å². The minimum Gasteiger partial charge on any atom is -0.364 e. The quantitative estimate of drug-likeness (QED) is 0.887. The number of halogens is 4. The van der Waals surface area contributed by atoms with Crippen LogP contribution in [-0.4, -0.2) is 30.8 Å². The van der Waals surface area contributed by atoms with Crippen molar-refractivity contribution in [3.63, 3.8) is 0 Å². The summed E-state index contributed by atoms with van der Waals surface area (Å²) < 4.78 is 42.5. The highest BCUT2D eigenvalue weighted by atomic mass is 35.5. The van der Waals surface area contributed by atoms with Gasteiger partial charge in [0.1, 0.15) is 6.10 Å². The molecule has 0 aliphatic carbocycles. The maximum Gasteiger partial charge on any atom is 0.393 e. The van der Waals surface area contributed by atoms with Crippen LogP contribution in [-0.2, 0) is 16.0 Å². The van der Waals surface area contributed by atoms with E-state index in [1.165, 1.54) is 18.2 Å². The van der Waals surface area contributed by atoms with Crippen LogP contribution in [0.5, 0.6) is 0 Å². The average Bonchev–Trinajstić information content (AvgIpc) is 2.85. The van der Waals surface area contributed by atoms with Crippen LogP contribution in [0, 0.1) is 0 Å². The number of carbonyl (C=O) groups is 1. The normalized spacial score (nSPS) is 21.3. The van der Waals surface area contributed by atoms with Crippen LogP contribution >= 0.6 is 12.4 Å². The van der Waals surface area contributed by atoms with Gasteiger partial charge >= 0.3 is 6.18 Å². The van der Waals surface area contributed by atoms with Crippen molar-refractivity contribution in [1.29, 1.82) is 0 Å². The number of anilines is 1. The first kappa shape index (κ1) is 18.7. The molecule has 1 amide bonds. The van der Waals surface area contributed by atoms with Gasteiger partial charge in [0.05, 0.1) is 12.5 Å². The molecule has 1 aromatic carbocycles. The molecule has 1 aliphatic heterocycles. The first-order valence-corrected chi connectivity index (χ1v) is 6.69. The largest absolute Gasteiger partial charge is 0.393 e. The molecule has 1 saturated heterocycles. The number of alkyl halides is 3. The third kappa shape index (κ3) is 5.47. The van der Waals surface area contributed by atoms with Crippen molar-refractivity contribution in [3.8, 4) is 0 Å². The summed E-state index contributed by atoms with van der Waals surface area (Å²) >= 11 is 0. The van der Waals surface area contributed by atoms with Crippen molar-refractivity contribution < 1.29 is 22.7 Å². The molecule has 2 atom stereocenters. The fourth-order valence-corrected chi connectivity index (χ4v) is 2.29. The van der Waals surface area contributed by atoms with Gasteiger partial charge in [0.15, 0.2) is 0 Å². The monoisotopic (exact) mass is 338 g/mol. The number of rotatable bonds is 4. The van der Waals surface area contributed by atoms with Crippen LogP contribution in [0.4, 0.5) is 18.9 Å². The first-order chi connectivity index (χ1) is 9.87. The van der Waals surface area contributed by atoms with Crippen LogP contribution < -0.4 is 11.1 Å². The van der Waals surface area contributed by atoms with Gasteiger partial charge in [-0.2, -0.15) is 13.2 Å². The van der Waals surface area contributed by atoms with E-state index in [0.29, 0.717) is 25.1 Å². The molecule has 0 unspecified atom stereocenters. The lowest BCUT2D eigenvalue weighted by molar-refractivity contribution is -0.127. The lowest BCUT2D eigenvalue weighted by Crippen LogP contribution is -2.29. The zero-order chi connectivity index (χ0) is 15.5. The zero-order valence-electron chi connectivity index (χ0n) is 11.7. The van der Waals surface area contributed by atoms with Crippen LogP contribution in [0.1, 0.15) is 18.4 Å². The average molecular weight is 339 g/mol. The van der Waals surface area contributed by atoms with Crippen LogP contribution in [0.3, 0.4) is 0 Å². The Morgan fingerprint density at radius 2 is 2.09 bits per heavy atom. The molecule has 1 aromatic rings. The molecule has 1 heterocycles. The number of ether oxygens (including phenoxy) is 1. The summed E-state index contributed by atoms with van der Waals surface area (Å²) in [6, 6.07) is 5.72. The SMILES string of the molecule is Cl.NC[C@H]1CC[C@@H](C(=O)Nc2cccc(CC(F)(F)F)c2)O1. The minimum atomic E-state index is -4.27. The van der Waals surface area contributed by atoms with E-state index in [2.05, 4.69) is 5.32 Å². The highest BCUT2D eigenvalue weighted by Crippen LogP contribution is 2.24. The van der Waals surface area contributed by atoms with Crippen molar-refractivity contribution >= 4 is 24.0 Å². The summed E-state index contributed by atoms with van der Waals surface area (Å²) in [5.74, 6) is -0.352. The van der Waals surface area contributed by atoms with Gasteiger partial charge in [-0.1, -0.05) is 12.1 Å². The lowest BCUT2D eigenvalue weighted by atomic mass is 10.1. The number of carbonyl (C=O) groups excluding carboxylic acids is 1. The predicted molar refractivity (Wildman–Crippen MR) is 79.0 cm³/mol. The Morgan fingerprint density at radius 3 is 2.68 bits per heavy atom. The maximum absolute atomic E-state index is 12.3. The molecular formula is C14H18ClF3N2O2. The molecule has 22 heavy (non-hydrogen) atoms. The molecule has 0 aromatic heterocycles. The van der Waals surface area contributed by atoms with Gasteiger partial charge in [-0.25, -0.2) is 0 Å². The first-order valence-electron chi connectivity index (χ1n) is 6.69. The molecule has 0 bridgehead atoms. The van der Waals surface area contributed by atoms with E-state index in [9.17, 15) is 18.0 Å². The molecule has 1 fully saturated rings. The van der Waals surface area contributed by atoms with Gasteiger partial charge in [-0.3, -0.25) is 4.79 Å².